The first-order valence-electron chi connectivity index (χ1n) is 33.9. The summed E-state index contributed by atoms with van der Waals surface area (Å²) in [5.41, 5.74) is 0. The predicted molar refractivity (Wildman–Crippen MR) is 334 cm³/mol. The monoisotopic (exact) mass is 1130 g/mol. The molecule has 0 radical (unpaired) electrons. The third-order valence-electron chi connectivity index (χ3n) is 16.0. The van der Waals surface area contributed by atoms with Gasteiger partial charge in [0.1, 0.15) is 24.4 Å². The first-order chi connectivity index (χ1) is 39.2. The fraction of sp³-hybridized carbons (Fsp3) is 0.855. The van der Waals surface area contributed by atoms with E-state index in [4.69, 9.17) is 14.2 Å². The number of amides is 1. The van der Waals surface area contributed by atoms with Gasteiger partial charge < -0.3 is 45.1 Å². The molecule has 6 N–H and O–H groups in total. The lowest BCUT2D eigenvalue weighted by Crippen LogP contribution is -2.61. The molecule has 0 aromatic carbocycles. The molecule has 1 aliphatic rings. The van der Waals surface area contributed by atoms with E-state index in [2.05, 4.69) is 62.5 Å². The summed E-state index contributed by atoms with van der Waals surface area (Å²) in [5.74, 6) is -1.19. The van der Waals surface area contributed by atoms with Crippen LogP contribution in [0.5, 0.6) is 0 Å². The number of hydrogen-bond acceptors (Lipinski definition) is 10. The van der Waals surface area contributed by atoms with Crippen LogP contribution in [0.25, 0.3) is 0 Å². The van der Waals surface area contributed by atoms with E-state index in [9.17, 15) is 35.1 Å². The van der Waals surface area contributed by atoms with Crippen LogP contribution in [-0.2, 0) is 23.8 Å². The van der Waals surface area contributed by atoms with E-state index in [-0.39, 0.29) is 19.4 Å². The van der Waals surface area contributed by atoms with Crippen molar-refractivity contribution in [3.05, 3.63) is 48.6 Å². The number of aliphatic hydroxyl groups excluding tert-OH is 5. The van der Waals surface area contributed by atoms with Crippen molar-refractivity contribution in [1.82, 2.24) is 5.32 Å². The molecular formula is C69H127NO10. The lowest BCUT2D eigenvalue weighted by molar-refractivity contribution is -0.305. The van der Waals surface area contributed by atoms with E-state index in [1.165, 1.54) is 186 Å². The molecule has 1 fully saturated rings. The van der Waals surface area contributed by atoms with Crippen molar-refractivity contribution >= 4 is 11.9 Å². The summed E-state index contributed by atoms with van der Waals surface area (Å²) in [7, 11) is 0. The maximum absolute atomic E-state index is 13.4. The minimum atomic E-state index is -1.61. The standard InChI is InChI=1S/C69H127NO10/c1-4-7-10-13-16-19-22-25-27-29-30-31-32-33-34-35-37-39-42-45-48-51-54-57-64(74)80-67-66(76)65(75)63(58-71)79-69(67)78-59-60(61(72)55-52-49-46-43-40-24-21-18-15-12-9-6-3)70-68(77)62(73)56-53-50-47-44-41-38-36-28-26-23-20-17-14-11-8-5-2/h17,20,25-28,52,55,60-63,65-67,69,71-73,75-76H,4-16,18-19,21-24,29-51,53-54,56-59H2,1-3H3,(H,70,77)/b20-17-,27-25+,28-26-,55-52+. The first kappa shape index (κ1) is 75.6. The van der Waals surface area contributed by atoms with Crippen LogP contribution in [0.15, 0.2) is 48.6 Å². The largest absolute Gasteiger partial charge is 0.454 e. The first-order valence-corrected chi connectivity index (χ1v) is 33.9. The number of rotatable bonds is 58. The van der Waals surface area contributed by atoms with Crippen LogP contribution >= 0.6 is 0 Å². The van der Waals surface area contributed by atoms with Crippen LogP contribution in [0.1, 0.15) is 316 Å². The smallest absolute Gasteiger partial charge is 0.306 e. The molecule has 11 nitrogen and oxygen atoms in total. The van der Waals surface area contributed by atoms with Crippen molar-refractivity contribution in [2.75, 3.05) is 13.2 Å². The van der Waals surface area contributed by atoms with Gasteiger partial charge in [-0.05, 0) is 83.5 Å². The second kappa shape index (κ2) is 57.1. The number of hydrogen-bond donors (Lipinski definition) is 6. The van der Waals surface area contributed by atoms with E-state index in [0.29, 0.717) is 12.8 Å². The summed E-state index contributed by atoms with van der Waals surface area (Å²) >= 11 is 0. The molecule has 1 saturated heterocycles. The van der Waals surface area contributed by atoms with Gasteiger partial charge in [-0.3, -0.25) is 9.59 Å². The van der Waals surface area contributed by atoms with Gasteiger partial charge in [0, 0.05) is 6.42 Å². The van der Waals surface area contributed by atoms with Crippen molar-refractivity contribution < 1.29 is 49.3 Å². The molecule has 0 aliphatic carbocycles. The zero-order chi connectivity index (χ0) is 58.2. The zero-order valence-corrected chi connectivity index (χ0v) is 52.0. The van der Waals surface area contributed by atoms with Crippen LogP contribution in [0.4, 0.5) is 0 Å². The number of esters is 1. The molecule has 11 heteroatoms. The van der Waals surface area contributed by atoms with Gasteiger partial charge in [-0.2, -0.15) is 0 Å². The fourth-order valence-electron chi connectivity index (χ4n) is 10.6. The van der Waals surface area contributed by atoms with Crippen molar-refractivity contribution in [2.45, 2.75) is 365 Å². The van der Waals surface area contributed by atoms with Crippen molar-refractivity contribution in [3.63, 3.8) is 0 Å². The number of ether oxygens (including phenoxy) is 3. The highest BCUT2D eigenvalue weighted by atomic mass is 16.7. The van der Waals surface area contributed by atoms with Crippen LogP contribution < -0.4 is 5.32 Å². The molecule has 0 aromatic rings. The molecule has 8 unspecified atom stereocenters. The summed E-state index contributed by atoms with van der Waals surface area (Å²) in [4.78, 5) is 26.6. The van der Waals surface area contributed by atoms with Gasteiger partial charge in [0.05, 0.1) is 25.4 Å². The van der Waals surface area contributed by atoms with Crippen molar-refractivity contribution in [1.29, 1.82) is 0 Å². The minimum absolute atomic E-state index is 0.124. The van der Waals surface area contributed by atoms with E-state index in [0.717, 1.165) is 83.5 Å². The van der Waals surface area contributed by atoms with E-state index < -0.39 is 67.4 Å². The van der Waals surface area contributed by atoms with E-state index in [1.807, 2.05) is 6.08 Å². The van der Waals surface area contributed by atoms with Crippen LogP contribution in [0, 0.1) is 0 Å². The SMILES string of the molecule is CCCCC/C=C\C/C=C\CCCCCCCCC(O)C(=O)NC(COC1OC(CO)C(O)C(O)C1OC(=O)CCCCCCCCCCCCCCC/C=C/CCCCCCCC)C(O)/C=C/CCCCCCCCCCCC. The second-order valence-corrected chi connectivity index (χ2v) is 23.6. The Morgan fingerprint density at radius 2 is 0.863 bits per heavy atom. The van der Waals surface area contributed by atoms with Gasteiger partial charge >= 0.3 is 5.97 Å². The molecule has 1 aliphatic heterocycles. The molecule has 468 valence electrons. The molecule has 80 heavy (non-hydrogen) atoms. The Bertz CT molecular complexity index is 1490. The summed E-state index contributed by atoms with van der Waals surface area (Å²) in [5, 5.41) is 57.1. The average molecular weight is 1130 g/mol. The lowest BCUT2D eigenvalue weighted by atomic mass is 9.99. The van der Waals surface area contributed by atoms with Gasteiger partial charge in [-0.25, -0.2) is 0 Å². The normalized spacial score (nSPS) is 19.0. The Morgan fingerprint density at radius 3 is 1.31 bits per heavy atom. The van der Waals surface area contributed by atoms with Crippen LogP contribution in [0.3, 0.4) is 0 Å². The number of carbonyl (C=O) groups excluding carboxylic acids is 2. The maximum atomic E-state index is 13.4. The molecule has 1 heterocycles. The summed E-state index contributed by atoms with van der Waals surface area (Å²) in [6.45, 7) is 5.78. The predicted octanol–water partition coefficient (Wildman–Crippen LogP) is 16.8. The highest BCUT2D eigenvalue weighted by molar-refractivity contribution is 5.80. The quantitative estimate of drug-likeness (QED) is 0.0195. The molecule has 1 amide bonds. The Labute approximate surface area is 491 Å². The molecule has 0 saturated carbocycles. The van der Waals surface area contributed by atoms with Crippen molar-refractivity contribution in [3.8, 4) is 0 Å². The summed E-state index contributed by atoms with van der Waals surface area (Å²) in [6.07, 6.45) is 60.1. The number of nitrogens with one attached hydrogen (secondary N) is 1. The Kier molecular flexibility index (Phi) is 54.0. The number of carbonyl (C=O) groups is 2. The van der Waals surface area contributed by atoms with Gasteiger partial charge in [0.2, 0.25) is 5.91 Å². The number of allylic oxidation sites excluding steroid dienone is 7. The molecule has 0 aromatic heterocycles. The van der Waals surface area contributed by atoms with E-state index in [1.54, 1.807) is 6.08 Å². The summed E-state index contributed by atoms with van der Waals surface area (Å²) < 4.78 is 17.7. The molecule has 8 atom stereocenters. The highest BCUT2D eigenvalue weighted by Gasteiger charge is 2.47. The van der Waals surface area contributed by atoms with Gasteiger partial charge in [-0.15, -0.1) is 0 Å². The highest BCUT2D eigenvalue weighted by Crippen LogP contribution is 2.26. The van der Waals surface area contributed by atoms with Gasteiger partial charge in [0.25, 0.3) is 0 Å². The van der Waals surface area contributed by atoms with Crippen molar-refractivity contribution in [2.24, 2.45) is 0 Å². The second-order valence-electron chi connectivity index (χ2n) is 23.6. The molecule has 0 bridgehead atoms. The van der Waals surface area contributed by atoms with Gasteiger partial charge in [-0.1, -0.05) is 275 Å². The Hall–Kier alpha value is -2.38. The average Bonchev–Trinajstić information content (AvgIpc) is 3.46. The molecule has 1 rings (SSSR count). The number of unbranched alkanes of at least 4 members (excludes halogenated alkanes) is 38. The topological polar surface area (TPSA) is 175 Å². The number of aliphatic hydroxyl groups is 5. The van der Waals surface area contributed by atoms with E-state index >= 15 is 0 Å². The lowest BCUT2D eigenvalue weighted by Gasteiger charge is -2.41. The maximum Gasteiger partial charge on any atom is 0.306 e. The zero-order valence-electron chi connectivity index (χ0n) is 52.0. The Morgan fingerprint density at radius 1 is 0.487 bits per heavy atom. The fourth-order valence-corrected chi connectivity index (χ4v) is 10.6. The third kappa shape index (κ3) is 44.2. The molecular weight excluding hydrogens is 1000 g/mol. The summed E-state index contributed by atoms with van der Waals surface area (Å²) in [6, 6.07) is -1.03. The molecule has 0 spiro atoms. The van der Waals surface area contributed by atoms with Crippen LogP contribution in [-0.4, -0.2) is 99.6 Å². The third-order valence-corrected chi connectivity index (χ3v) is 16.0. The van der Waals surface area contributed by atoms with Gasteiger partial charge in [0.15, 0.2) is 12.4 Å². The van der Waals surface area contributed by atoms with Crippen LogP contribution in [0.2, 0.25) is 0 Å². The minimum Gasteiger partial charge on any atom is -0.454 e. The Balaban J connectivity index is 2.60.